The van der Waals surface area contributed by atoms with E-state index >= 15 is 0 Å². The second-order valence-corrected chi connectivity index (χ2v) is 5.50. The Morgan fingerprint density at radius 1 is 1.15 bits per heavy atom. The molecule has 1 fully saturated rings. The molecule has 1 aliphatic rings. The van der Waals surface area contributed by atoms with E-state index in [4.69, 9.17) is 5.11 Å². The van der Waals surface area contributed by atoms with Gasteiger partial charge in [-0.3, -0.25) is 0 Å². The number of aliphatic hydroxyl groups excluding tert-OH is 1. The Labute approximate surface area is 118 Å². The Kier molecular flexibility index (Phi) is 3.69. The van der Waals surface area contributed by atoms with Crippen LogP contribution in [0.1, 0.15) is 25.5 Å². The van der Waals surface area contributed by atoms with Gasteiger partial charge < -0.3 is 10.0 Å². The van der Waals surface area contributed by atoms with Crippen LogP contribution < -0.4 is 4.90 Å². The summed E-state index contributed by atoms with van der Waals surface area (Å²) in [5.41, 5.74) is 2.81. The molecule has 5 heteroatoms. The van der Waals surface area contributed by atoms with Crippen LogP contribution in [-0.4, -0.2) is 33.2 Å². The van der Waals surface area contributed by atoms with Crippen LogP contribution in [0.5, 0.6) is 0 Å². The first-order chi connectivity index (χ1) is 9.76. The first-order valence-electron chi connectivity index (χ1n) is 7.14. The van der Waals surface area contributed by atoms with Crippen molar-refractivity contribution in [1.29, 1.82) is 0 Å². The lowest BCUT2D eigenvalue weighted by Crippen LogP contribution is -2.32. The maximum absolute atomic E-state index is 9.01. The second kappa shape index (κ2) is 5.63. The molecule has 0 amide bonds. The molecule has 1 aromatic carbocycles. The molecule has 0 atom stereocenters. The molecule has 0 radical (unpaired) electrons. The van der Waals surface area contributed by atoms with Crippen molar-refractivity contribution in [3.05, 3.63) is 36.2 Å². The van der Waals surface area contributed by atoms with E-state index in [1.807, 2.05) is 12.1 Å². The van der Waals surface area contributed by atoms with Crippen LogP contribution in [0, 0.1) is 5.92 Å². The number of rotatable bonds is 3. The van der Waals surface area contributed by atoms with Crippen molar-refractivity contribution in [2.45, 2.75) is 26.4 Å². The van der Waals surface area contributed by atoms with Crippen LogP contribution in [0.2, 0.25) is 0 Å². The minimum atomic E-state index is -0.0793. The molecule has 1 aromatic heterocycles. The van der Waals surface area contributed by atoms with Crippen molar-refractivity contribution in [2.24, 2.45) is 5.92 Å². The number of nitrogens with zero attached hydrogens (tertiary/aromatic N) is 4. The van der Waals surface area contributed by atoms with Crippen molar-refractivity contribution >= 4 is 5.69 Å². The molecule has 0 unspecified atom stereocenters. The minimum Gasteiger partial charge on any atom is -0.390 e. The highest BCUT2D eigenvalue weighted by Gasteiger charge is 2.15. The van der Waals surface area contributed by atoms with E-state index in [1.165, 1.54) is 18.5 Å². The molecule has 2 heterocycles. The van der Waals surface area contributed by atoms with Gasteiger partial charge in [0.05, 0.1) is 18.5 Å². The maximum atomic E-state index is 9.01. The summed E-state index contributed by atoms with van der Waals surface area (Å²) in [7, 11) is 0. The average Bonchev–Trinajstić information content (AvgIpc) is 2.97. The molecule has 106 valence electrons. The summed E-state index contributed by atoms with van der Waals surface area (Å²) >= 11 is 0. The van der Waals surface area contributed by atoms with Crippen LogP contribution in [0.15, 0.2) is 30.5 Å². The van der Waals surface area contributed by atoms with Crippen molar-refractivity contribution in [3.63, 3.8) is 0 Å². The summed E-state index contributed by atoms with van der Waals surface area (Å²) in [4.78, 5) is 2.43. The van der Waals surface area contributed by atoms with E-state index < -0.39 is 0 Å². The third-order valence-electron chi connectivity index (χ3n) is 3.97. The van der Waals surface area contributed by atoms with E-state index in [9.17, 15) is 0 Å². The van der Waals surface area contributed by atoms with Crippen molar-refractivity contribution in [1.82, 2.24) is 15.0 Å². The molecule has 1 saturated heterocycles. The van der Waals surface area contributed by atoms with Gasteiger partial charge in [0.25, 0.3) is 0 Å². The quantitative estimate of drug-likeness (QED) is 0.928. The van der Waals surface area contributed by atoms with E-state index in [-0.39, 0.29) is 6.61 Å². The van der Waals surface area contributed by atoms with Crippen LogP contribution in [-0.2, 0) is 6.61 Å². The Hall–Kier alpha value is -1.88. The predicted molar refractivity (Wildman–Crippen MR) is 77.9 cm³/mol. The first kappa shape index (κ1) is 13.1. The fraction of sp³-hybridized carbons (Fsp3) is 0.467. The minimum absolute atomic E-state index is 0.0793. The Morgan fingerprint density at radius 3 is 2.40 bits per heavy atom. The van der Waals surface area contributed by atoms with Crippen LogP contribution in [0.3, 0.4) is 0 Å². The number of hydrogen-bond donors (Lipinski definition) is 1. The summed E-state index contributed by atoms with van der Waals surface area (Å²) < 4.78 is 1.69. The van der Waals surface area contributed by atoms with Gasteiger partial charge >= 0.3 is 0 Å². The summed E-state index contributed by atoms with van der Waals surface area (Å²) in [6, 6.07) is 8.35. The standard InChI is InChI=1S/C15H20N4O/c1-12-6-8-18(9-7-12)14-2-4-15(5-3-14)19-10-13(11-20)16-17-19/h2-5,10,12,20H,6-9,11H2,1H3. The van der Waals surface area contributed by atoms with Gasteiger partial charge in [-0.05, 0) is 43.0 Å². The van der Waals surface area contributed by atoms with E-state index in [0.717, 1.165) is 24.7 Å². The van der Waals surface area contributed by atoms with Gasteiger partial charge in [-0.2, -0.15) is 0 Å². The van der Waals surface area contributed by atoms with Gasteiger partial charge in [-0.25, -0.2) is 4.68 Å². The van der Waals surface area contributed by atoms with Crippen molar-refractivity contribution in [2.75, 3.05) is 18.0 Å². The molecule has 0 spiro atoms. The Bertz CT molecular complexity index is 556. The zero-order valence-electron chi connectivity index (χ0n) is 11.7. The maximum Gasteiger partial charge on any atom is 0.109 e. The third-order valence-corrected chi connectivity index (χ3v) is 3.97. The van der Waals surface area contributed by atoms with Crippen molar-refractivity contribution < 1.29 is 5.11 Å². The average molecular weight is 272 g/mol. The van der Waals surface area contributed by atoms with Crippen LogP contribution in [0.25, 0.3) is 5.69 Å². The molecule has 3 rings (SSSR count). The molecular weight excluding hydrogens is 252 g/mol. The molecule has 1 aliphatic heterocycles. The molecule has 1 N–H and O–H groups in total. The summed E-state index contributed by atoms with van der Waals surface area (Å²) in [6.07, 6.45) is 4.28. The number of aliphatic hydroxyl groups is 1. The highest BCUT2D eigenvalue weighted by atomic mass is 16.3. The number of hydrogen-bond acceptors (Lipinski definition) is 4. The monoisotopic (exact) mass is 272 g/mol. The van der Waals surface area contributed by atoms with E-state index in [1.54, 1.807) is 10.9 Å². The third kappa shape index (κ3) is 2.67. The zero-order chi connectivity index (χ0) is 13.9. The van der Waals surface area contributed by atoms with Crippen LogP contribution >= 0.6 is 0 Å². The smallest absolute Gasteiger partial charge is 0.109 e. The topological polar surface area (TPSA) is 54.2 Å². The fourth-order valence-electron chi connectivity index (χ4n) is 2.58. The largest absolute Gasteiger partial charge is 0.390 e. The van der Waals surface area contributed by atoms with Gasteiger partial charge in [0, 0.05) is 18.8 Å². The molecule has 0 bridgehead atoms. The van der Waals surface area contributed by atoms with Crippen LogP contribution in [0.4, 0.5) is 5.69 Å². The molecule has 20 heavy (non-hydrogen) atoms. The number of anilines is 1. The van der Waals surface area contributed by atoms with Gasteiger partial charge in [0.1, 0.15) is 5.69 Å². The molecule has 2 aromatic rings. The highest BCUT2D eigenvalue weighted by molar-refractivity contribution is 5.51. The summed E-state index contributed by atoms with van der Waals surface area (Å²) in [5.74, 6) is 0.845. The number of aromatic nitrogens is 3. The predicted octanol–water partition coefficient (Wildman–Crippen LogP) is 2.00. The van der Waals surface area contributed by atoms with Gasteiger partial charge in [0.2, 0.25) is 0 Å². The SMILES string of the molecule is CC1CCN(c2ccc(-n3cc(CO)nn3)cc2)CC1. The van der Waals surface area contributed by atoms with Gasteiger partial charge in [-0.15, -0.1) is 5.10 Å². The molecule has 0 saturated carbocycles. The number of piperidine rings is 1. The Balaban J connectivity index is 1.74. The summed E-state index contributed by atoms with van der Waals surface area (Å²) in [5, 5.41) is 16.9. The lowest BCUT2D eigenvalue weighted by molar-refractivity contribution is 0.276. The lowest BCUT2D eigenvalue weighted by atomic mass is 9.99. The Morgan fingerprint density at radius 2 is 1.80 bits per heavy atom. The molecule has 5 nitrogen and oxygen atoms in total. The lowest BCUT2D eigenvalue weighted by Gasteiger charge is -2.32. The van der Waals surface area contributed by atoms with E-state index in [0.29, 0.717) is 5.69 Å². The highest BCUT2D eigenvalue weighted by Crippen LogP contribution is 2.23. The normalized spacial score (nSPS) is 16.6. The van der Waals surface area contributed by atoms with Crippen molar-refractivity contribution in [3.8, 4) is 5.69 Å². The van der Waals surface area contributed by atoms with Gasteiger partial charge in [-0.1, -0.05) is 12.1 Å². The second-order valence-electron chi connectivity index (χ2n) is 5.50. The number of benzene rings is 1. The molecular formula is C15H20N4O. The summed E-state index contributed by atoms with van der Waals surface area (Å²) in [6.45, 7) is 4.52. The molecule has 0 aliphatic carbocycles. The first-order valence-corrected chi connectivity index (χ1v) is 7.14. The van der Waals surface area contributed by atoms with Gasteiger partial charge in [0.15, 0.2) is 0 Å². The zero-order valence-corrected chi connectivity index (χ0v) is 11.7. The fourth-order valence-corrected chi connectivity index (χ4v) is 2.58. The van der Waals surface area contributed by atoms with E-state index in [2.05, 4.69) is 34.3 Å².